The van der Waals surface area contributed by atoms with Gasteiger partial charge in [0.15, 0.2) is 6.61 Å². The van der Waals surface area contributed by atoms with E-state index in [-0.39, 0.29) is 18.5 Å². The van der Waals surface area contributed by atoms with Crippen LogP contribution in [-0.2, 0) is 14.3 Å². The quantitative estimate of drug-likeness (QED) is 0.816. The van der Waals surface area contributed by atoms with Crippen molar-refractivity contribution in [3.05, 3.63) is 28.8 Å². The number of benzene rings is 1. The standard InChI is InChI=1S/C17H25NO3/c1-11(2)6-7-16(20)21-10-15(19)18-17-13(4)8-12(3)9-14(17)5/h8-9,11H,6-7,10H2,1-5H3,(H,18,19). The molecule has 0 heterocycles. The smallest absolute Gasteiger partial charge is 0.306 e. The second-order valence-corrected chi connectivity index (χ2v) is 5.92. The summed E-state index contributed by atoms with van der Waals surface area (Å²) >= 11 is 0. The zero-order valence-electron chi connectivity index (χ0n) is 13.6. The number of esters is 1. The lowest BCUT2D eigenvalue weighted by molar-refractivity contribution is -0.147. The summed E-state index contributed by atoms with van der Waals surface area (Å²) in [6.45, 7) is 9.77. The SMILES string of the molecule is Cc1cc(C)c(NC(=O)COC(=O)CCC(C)C)c(C)c1. The first-order valence-corrected chi connectivity index (χ1v) is 7.33. The highest BCUT2D eigenvalue weighted by Gasteiger charge is 2.11. The van der Waals surface area contributed by atoms with E-state index < -0.39 is 0 Å². The van der Waals surface area contributed by atoms with Crippen molar-refractivity contribution in [3.8, 4) is 0 Å². The number of ether oxygens (including phenoxy) is 1. The van der Waals surface area contributed by atoms with E-state index in [4.69, 9.17) is 4.74 Å². The van der Waals surface area contributed by atoms with Gasteiger partial charge in [-0.3, -0.25) is 9.59 Å². The molecule has 0 aliphatic rings. The Morgan fingerprint density at radius 1 is 1.14 bits per heavy atom. The number of aryl methyl sites for hydroxylation is 3. The van der Waals surface area contributed by atoms with Crippen LogP contribution >= 0.6 is 0 Å². The lowest BCUT2D eigenvalue weighted by Gasteiger charge is -2.13. The van der Waals surface area contributed by atoms with Crippen molar-refractivity contribution in [1.29, 1.82) is 0 Å². The Bertz CT molecular complexity index is 498. The molecule has 0 aliphatic carbocycles. The second kappa shape index (κ2) is 7.81. The normalized spacial score (nSPS) is 10.6. The zero-order chi connectivity index (χ0) is 16.0. The number of carbonyl (C=O) groups excluding carboxylic acids is 2. The Morgan fingerprint density at radius 2 is 1.71 bits per heavy atom. The van der Waals surface area contributed by atoms with Crippen LogP contribution in [0.15, 0.2) is 12.1 Å². The molecule has 21 heavy (non-hydrogen) atoms. The van der Waals surface area contributed by atoms with Crippen LogP contribution in [0.25, 0.3) is 0 Å². The van der Waals surface area contributed by atoms with Gasteiger partial charge in [0.25, 0.3) is 5.91 Å². The summed E-state index contributed by atoms with van der Waals surface area (Å²) in [7, 11) is 0. The molecule has 1 rings (SSSR count). The van der Waals surface area contributed by atoms with Crippen LogP contribution in [0.4, 0.5) is 5.69 Å². The number of hydrogen-bond acceptors (Lipinski definition) is 3. The number of nitrogens with one attached hydrogen (secondary N) is 1. The summed E-state index contributed by atoms with van der Waals surface area (Å²) < 4.78 is 4.98. The fourth-order valence-electron chi connectivity index (χ4n) is 2.18. The summed E-state index contributed by atoms with van der Waals surface area (Å²) in [5.41, 5.74) is 3.96. The minimum atomic E-state index is -0.323. The van der Waals surface area contributed by atoms with Gasteiger partial charge < -0.3 is 10.1 Å². The first-order chi connectivity index (χ1) is 9.79. The minimum absolute atomic E-state index is 0.232. The molecule has 0 aliphatic heterocycles. The van der Waals surface area contributed by atoms with Crippen LogP contribution in [0.2, 0.25) is 0 Å². The predicted molar refractivity (Wildman–Crippen MR) is 84.3 cm³/mol. The molecule has 0 bridgehead atoms. The molecule has 1 amide bonds. The van der Waals surface area contributed by atoms with Gasteiger partial charge in [0.05, 0.1) is 0 Å². The predicted octanol–water partition coefficient (Wildman–Crippen LogP) is 3.53. The van der Waals surface area contributed by atoms with Gasteiger partial charge >= 0.3 is 5.97 Å². The van der Waals surface area contributed by atoms with E-state index >= 15 is 0 Å². The van der Waals surface area contributed by atoms with Crippen LogP contribution in [0.1, 0.15) is 43.4 Å². The maximum Gasteiger partial charge on any atom is 0.306 e. The van der Waals surface area contributed by atoms with Crippen molar-refractivity contribution < 1.29 is 14.3 Å². The third kappa shape index (κ3) is 5.98. The molecule has 0 radical (unpaired) electrons. The van der Waals surface area contributed by atoms with Gasteiger partial charge in [0.1, 0.15) is 0 Å². The highest BCUT2D eigenvalue weighted by Crippen LogP contribution is 2.21. The van der Waals surface area contributed by atoms with Gasteiger partial charge in [-0.05, 0) is 44.2 Å². The molecular weight excluding hydrogens is 266 g/mol. The minimum Gasteiger partial charge on any atom is -0.456 e. The molecule has 0 unspecified atom stereocenters. The molecule has 116 valence electrons. The van der Waals surface area contributed by atoms with E-state index in [0.29, 0.717) is 12.3 Å². The molecule has 1 aromatic rings. The van der Waals surface area contributed by atoms with Crippen molar-refractivity contribution in [1.82, 2.24) is 0 Å². The largest absolute Gasteiger partial charge is 0.456 e. The van der Waals surface area contributed by atoms with Crippen LogP contribution in [-0.4, -0.2) is 18.5 Å². The Labute approximate surface area is 126 Å². The van der Waals surface area contributed by atoms with Gasteiger partial charge in [0, 0.05) is 12.1 Å². The average molecular weight is 291 g/mol. The molecule has 1 N–H and O–H groups in total. The Morgan fingerprint density at radius 3 is 2.24 bits per heavy atom. The summed E-state index contributed by atoms with van der Waals surface area (Å²) in [6, 6.07) is 4.02. The lowest BCUT2D eigenvalue weighted by Crippen LogP contribution is -2.22. The molecule has 1 aromatic carbocycles. The van der Waals surface area contributed by atoms with Crippen LogP contribution in [0.3, 0.4) is 0 Å². The number of carbonyl (C=O) groups is 2. The first kappa shape index (κ1) is 17.2. The van der Waals surface area contributed by atoms with Crippen LogP contribution in [0.5, 0.6) is 0 Å². The number of anilines is 1. The van der Waals surface area contributed by atoms with Crippen molar-refractivity contribution in [3.63, 3.8) is 0 Å². The van der Waals surface area contributed by atoms with Crippen molar-refractivity contribution in [2.24, 2.45) is 5.92 Å². The topological polar surface area (TPSA) is 55.4 Å². The van der Waals surface area contributed by atoms with Crippen molar-refractivity contribution in [2.45, 2.75) is 47.5 Å². The maximum absolute atomic E-state index is 11.9. The summed E-state index contributed by atoms with van der Waals surface area (Å²) in [4.78, 5) is 23.3. The Hall–Kier alpha value is -1.84. The summed E-state index contributed by atoms with van der Waals surface area (Å²) in [5, 5.41) is 2.81. The third-order valence-electron chi connectivity index (χ3n) is 3.23. The van der Waals surface area contributed by atoms with Crippen LogP contribution < -0.4 is 5.32 Å². The van der Waals surface area contributed by atoms with Gasteiger partial charge in [0.2, 0.25) is 0 Å². The van der Waals surface area contributed by atoms with E-state index in [9.17, 15) is 9.59 Å². The second-order valence-electron chi connectivity index (χ2n) is 5.92. The number of hydrogen-bond donors (Lipinski definition) is 1. The van der Waals surface area contributed by atoms with Gasteiger partial charge in [-0.25, -0.2) is 0 Å². The van der Waals surface area contributed by atoms with Gasteiger partial charge in [-0.1, -0.05) is 31.5 Å². The Kier molecular flexibility index (Phi) is 6.40. The van der Waals surface area contributed by atoms with E-state index in [1.54, 1.807) is 0 Å². The van der Waals surface area contributed by atoms with E-state index in [0.717, 1.165) is 28.8 Å². The molecule has 0 atom stereocenters. The van der Waals surface area contributed by atoms with Crippen LogP contribution in [0, 0.1) is 26.7 Å². The monoisotopic (exact) mass is 291 g/mol. The molecule has 0 spiro atoms. The fraction of sp³-hybridized carbons (Fsp3) is 0.529. The van der Waals surface area contributed by atoms with E-state index in [1.165, 1.54) is 0 Å². The average Bonchev–Trinajstić information content (AvgIpc) is 2.38. The molecule has 0 aromatic heterocycles. The van der Waals surface area contributed by atoms with Gasteiger partial charge in [-0.15, -0.1) is 0 Å². The first-order valence-electron chi connectivity index (χ1n) is 7.33. The molecule has 4 heteroatoms. The molecular formula is C17H25NO3. The molecule has 4 nitrogen and oxygen atoms in total. The molecule has 0 saturated carbocycles. The zero-order valence-corrected chi connectivity index (χ0v) is 13.6. The third-order valence-corrected chi connectivity index (χ3v) is 3.23. The van der Waals surface area contributed by atoms with E-state index in [2.05, 4.69) is 5.32 Å². The number of amides is 1. The highest BCUT2D eigenvalue weighted by molar-refractivity contribution is 5.94. The molecule has 0 saturated heterocycles. The summed E-state index contributed by atoms with van der Waals surface area (Å²) in [6.07, 6.45) is 1.13. The number of rotatable bonds is 6. The van der Waals surface area contributed by atoms with E-state index in [1.807, 2.05) is 46.8 Å². The molecule has 0 fully saturated rings. The van der Waals surface area contributed by atoms with Crippen molar-refractivity contribution >= 4 is 17.6 Å². The highest BCUT2D eigenvalue weighted by atomic mass is 16.5. The maximum atomic E-state index is 11.9. The Balaban J connectivity index is 2.50. The lowest BCUT2D eigenvalue weighted by atomic mass is 10.1. The summed E-state index contributed by atoms with van der Waals surface area (Å²) in [5.74, 6) is -0.177. The van der Waals surface area contributed by atoms with Gasteiger partial charge in [-0.2, -0.15) is 0 Å². The van der Waals surface area contributed by atoms with Crippen molar-refractivity contribution in [2.75, 3.05) is 11.9 Å². The fourth-order valence-corrected chi connectivity index (χ4v) is 2.18.